The average molecular weight is 166 g/mol. The number of rotatable bonds is 1. The Labute approximate surface area is 76.7 Å². The Hall–Kier alpha value is 0. The van der Waals surface area contributed by atoms with Crippen molar-refractivity contribution < 1.29 is 0 Å². The molecule has 0 spiro atoms. The van der Waals surface area contributed by atoms with Crippen LogP contribution in [0.3, 0.4) is 0 Å². The molecular formula is C12H22. The number of hydrogen-bond acceptors (Lipinski definition) is 0. The van der Waals surface area contributed by atoms with Gasteiger partial charge in [0.25, 0.3) is 0 Å². The molecule has 0 bridgehead atoms. The molecule has 0 N–H and O–H groups in total. The molecule has 0 aromatic heterocycles. The fourth-order valence-corrected chi connectivity index (χ4v) is 3.46. The third-order valence-electron chi connectivity index (χ3n) is 4.50. The zero-order valence-electron chi connectivity index (χ0n) is 8.60. The van der Waals surface area contributed by atoms with Crippen molar-refractivity contribution in [2.45, 2.75) is 58.8 Å². The molecule has 0 heterocycles. The van der Waals surface area contributed by atoms with E-state index in [1.165, 1.54) is 44.9 Å². The van der Waals surface area contributed by atoms with E-state index in [1.54, 1.807) is 0 Å². The Bertz CT molecular complexity index is 155. The Morgan fingerprint density at radius 2 is 1.67 bits per heavy atom. The quantitative estimate of drug-likeness (QED) is 0.552. The van der Waals surface area contributed by atoms with Crippen LogP contribution in [0, 0.1) is 17.3 Å². The number of hydrogen-bond donors (Lipinski definition) is 0. The van der Waals surface area contributed by atoms with Gasteiger partial charge in [-0.3, -0.25) is 0 Å². The molecular weight excluding hydrogens is 144 g/mol. The van der Waals surface area contributed by atoms with Crippen LogP contribution in [0.4, 0.5) is 0 Å². The maximum atomic E-state index is 2.53. The van der Waals surface area contributed by atoms with Crippen molar-refractivity contribution in [3.63, 3.8) is 0 Å². The first-order valence-electron chi connectivity index (χ1n) is 5.72. The molecule has 12 heavy (non-hydrogen) atoms. The molecule has 2 aliphatic rings. The summed E-state index contributed by atoms with van der Waals surface area (Å²) < 4.78 is 0. The summed E-state index contributed by atoms with van der Waals surface area (Å²) in [6.45, 7) is 5.01. The molecule has 70 valence electrons. The molecule has 0 aliphatic heterocycles. The van der Waals surface area contributed by atoms with E-state index in [9.17, 15) is 0 Å². The van der Waals surface area contributed by atoms with Crippen molar-refractivity contribution in [1.29, 1.82) is 0 Å². The Balaban J connectivity index is 2.00. The van der Waals surface area contributed by atoms with Crippen molar-refractivity contribution in [3.05, 3.63) is 0 Å². The van der Waals surface area contributed by atoms with E-state index in [4.69, 9.17) is 0 Å². The zero-order valence-corrected chi connectivity index (χ0v) is 8.60. The van der Waals surface area contributed by atoms with Gasteiger partial charge in [-0.2, -0.15) is 0 Å². The van der Waals surface area contributed by atoms with Crippen LogP contribution >= 0.6 is 0 Å². The smallest absolute Gasteiger partial charge is 0.0295 e. The van der Waals surface area contributed by atoms with Gasteiger partial charge >= 0.3 is 0 Å². The minimum Gasteiger partial charge on any atom is -0.0622 e. The van der Waals surface area contributed by atoms with Gasteiger partial charge in [0.2, 0.25) is 0 Å². The zero-order chi connectivity index (χ0) is 8.60. The van der Waals surface area contributed by atoms with Crippen molar-refractivity contribution in [3.8, 4) is 0 Å². The summed E-state index contributed by atoms with van der Waals surface area (Å²) in [6.07, 6.45) is 10.6. The van der Waals surface area contributed by atoms with E-state index in [2.05, 4.69) is 13.8 Å². The van der Waals surface area contributed by atoms with Crippen LogP contribution in [0.15, 0.2) is 0 Å². The van der Waals surface area contributed by atoms with Crippen molar-refractivity contribution >= 4 is 0 Å². The molecule has 2 saturated carbocycles. The van der Waals surface area contributed by atoms with E-state index in [0.29, 0.717) is 0 Å². The second-order valence-electron chi connectivity index (χ2n) is 5.38. The second kappa shape index (κ2) is 3.05. The summed E-state index contributed by atoms with van der Waals surface area (Å²) in [5, 5.41) is 0. The fourth-order valence-electron chi connectivity index (χ4n) is 3.46. The largest absolute Gasteiger partial charge is 0.0622 e. The monoisotopic (exact) mass is 166 g/mol. The van der Waals surface area contributed by atoms with Gasteiger partial charge in [-0.05, 0) is 36.5 Å². The standard InChI is InChI=1S/C12H22/c1-10-6-3-4-7-11(10)12(2)8-5-9-12/h10-11H,3-9H2,1-2H3. The molecule has 0 radical (unpaired) electrons. The van der Waals surface area contributed by atoms with Crippen LogP contribution in [-0.4, -0.2) is 0 Å². The normalized spacial score (nSPS) is 40.5. The van der Waals surface area contributed by atoms with E-state index in [1.807, 2.05) is 0 Å². The first-order chi connectivity index (χ1) is 5.72. The van der Waals surface area contributed by atoms with Crippen LogP contribution < -0.4 is 0 Å². The first-order valence-corrected chi connectivity index (χ1v) is 5.72. The molecule has 0 saturated heterocycles. The maximum Gasteiger partial charge on any atom is -0.0295 e. The third-order valence-corrected chi connectivity index (χ3v) is 4.50. The lowest BCUT2D eigenvalue weighted by Crippen LogP contribution is -2.39. The SMILES string of the molecule is CC1CCCCC1C1(C)CCC1. The first kappa shape index (κ1) is 8.59. The van der Waals surface area contributed by atoms with Crippen LogP contribution in [0.2, 0.25) is 0 Å². The van der Waals surface area contributed by atoms with Gasteiger partial charge < -0.3 is 0 Å². The maximum absolute atomic E-state index is 2.53. The summed E-state index contributed by atoms with van der Waals surface area (Å²) in [6, 6.07) is 0. The van der Waals surface area contributed by atoms with E-state index in [-0.39, 0.29) is 0 Å². The van der Waals surface area contributed by atoms with Crippen molar-refractivity contribution in [2.75, 3.05) is 0 Å². The lowest BCUT2D eigenvalue weighted by molar-refractivity contribution is 0.0132. The molecule has 2 unspecified atom stereocenters. The van der Waals surface area contributed by atoms with Gasteiger partial charge in [0.05, 0.1) is 0 Å². The van der Waals surface area contributed by atoms with E-state index >= 15 is 0 Å². The predicted molar refractivity (Wildman–Crippen MR) is 53.1 cm³/mol. The van der Waals surface area contributed by atoms with Crippen LogP contribution in [0.25, 0.3) is 0 Å². The van der Waals surface area contributed by atoms with E-state index < -0.39 is 0 Å². The summed E-state index contributed by atoms with van der Waals surface area (Å²) in [5.74, 6) is 2.09. The van der Waals surface area contributed by atoms with E-state index in [0.717, 1.165) is 17.3 Å². The van der Waals surface area contributed by atoms with Crippen LogP contribution in [0.5, 0.6) is 0 Å². The predicted octanol–water partition coefficient (Wildman–Crippen LogP) is 4.00. The topological polar surface area (TPSA) is 0 Å². The lowest BCUT2D eigenvalue weighted by atomic mass is 9.56. The van der Waals surface area contributed by atoms with Gasteiger partial charge in [0.15, 0.2) is 0 Å². The lowest BCUT2D eigenvalue weighted by Gasteiger charge is -2.49. The Morgan fingerprint density at radius 1 is 1.00 bits per heavy atom. The van der Waals surface area contributed by atoms with Gasteiger partial charge in [-0.25, -0.2) is 0 Å². The molecule has 0 amide bonds. The van der Waals surface area contributed by atoms with Gasteiger partial charge in [0, 0.05) is 0 Å². The summed E-state index contributed by atoms with van der Waals surface area (Å²) in [7, 11) is 0. The molecule has 2 fully saturated rings. The highest BCUT2D eigenvalue weighted by Crippen LogP contribution is 2.53. The molecule has 0 heteroatoms. The molecule has 2 aliphatic carbocycles. The fraction of sp³-hybridized carbons (Fsp3) is 1.00. The van der Waals surface area contributed by atoms with Gasteiger partial charge in [-0.1, -0.05) is 39.5 Å². The summed E-state index contributed by atoms with van der Waals surface area (Å²) in [4.78, 5) is 0. The molecule has 0 aromatic carbocycles. The molecule has 0 nitrogen and oxygen atoms in total. The summed E-state index contributed by atoms with van der Waals surface area (Å²) >= 11 is 0. The highest BCUT2D eigenvalue weighted by atomic mass is 14.5. The highest BCUT2D eigenvalue weighted by Gasteiger charge is 2.42. The molecule has 2 atom stereocenters. The van der Waals surface area contributed by atoms with Crippen molar-refractivity contribution in [2.24, 2.45) is 17.3 Å². The van der Waals surface area contributed by atoms with Gasteiger partial charge in [0.1, 0.15) is 0 Å². The average Bonchev–Trinajstić information content (AvgIpc) is 2.01. The Kier molecular flexibility index (Phi) is 2.18. The van der Waals surface area contributed by atoms with Crippen molar-refractivity contribution in [1.82, 2.24) is 0 Å². The molecule has 0 aromatic rings. The third kappa shape index (κ3) is 1.30. The summed E-state index contributed by atoms with van der Waals surface area (Å²) in [5.41, 5.74) is 0.764. The van der Waals surface area contributed by atoms with Gasteiger partial charge in [-0.15, -0.1) is 0 Å². The Morgan fingerprint density at radius 3 is 2.17 bits per heavy atom. The minimum atomic E-state index is 0.764. The van der Waals surface area contributed by atoms with Crippen LogP contribution in [0.1, 0.15) is 58.8 Å². The minimum absolute atomic E-state index is 0.764. The van der Waals surface area contributed by atoms with Crippen LogP contribution in [-0.2, 0) is 0 Å². The molecule has 2 rings (SSSR count). The highest BCUT2D eigenvalue weighted by molar-refractivity contribution is 4.92. The second-order valence-corrected chi connectivity index (χ2v) is 5.38.